The molecule has 0 spiro atoms. The molecule has 0 N–H and O–H groups in total. The molecule has 4 heteroatoms. The molecule has 1 aliphatic heterocycles. The van der Waals surface area contributed by atoms with Crippen molar-refractivity contribution in [3.8, 4) is 33.6 Å². The first-order valence-corrected chi connectivity index (χ1v) is 36.2. The number of fused-ring (bicyclic) bond motifs is 10. The predicted molar refractivity (Wildman–Crippen MR) is 443 cm³/mol. The summed E-state index contributed by atoms with van der Waals surface area (Å²) in [7, 11) is 0. The molecule has 3 nitrogen and oxygen atoms in total. The lowest BCUT2D eigenvalue weighted by Gasteiger charge is -2.46. The van der Waals surface area contributed by atoms with E-state index in [0.717, 1.165) is 22.3 Å². The van der Waals surface area contributed by atoms with E-state index in [1.807, 2.05) is 0 Å². The molecule has 0 atom stereocenters. The molecule has 18 aromatic rings. The van der Waals surface area contributed by atoms with Crippen LogP contribution < -0.4 is 4.90 Å². The zero-order chi connectivity index (χ0) is 68.7. The van der Waals surface area contributed by atoms with E-state index >= 15 is 0 Å². The number of aromatic nitrogens is 2. The van der Waals surface area contributed by atoms with Crippen LogP contribution in [0.4, 0.5) is 17.1 Å². The number of hydrogen-bond acceptors (Lipinski definition) is 1. The molecular weight excluding hydrogens is 1320 g/mol. The van der Waals surface area contributed by atoms with Crippen molar-refractivity contribution >= 4 is 76.6 Å². The van der Waals surface area contributed by atoms with Gasteiger partial charge in [-0.15, -0.1) is 0 Å². The van der Waals surface area contributed by atoms with Crippen LogP contribution >= 0.6 is 15.9 Å². The highest BCUT2D eigenvalue weighted by Gasteiger charge is 2.47. The second-order valence-electron chi connectivity index (χ2n) is 26.7. The Morgan fingerprint density at radius 3 is 0.894 bits per heavy atom. The molecule has 2 aliphatic rings. The van der Waals surface area contributed by atoms with Crippen LogP contribution in [0.5, 0.6) is 0 Å². The Hall–Kier alpha value is -12.6. The van der Waals surface area contributed by atoms with Crippen LogP contribution in [0, 0.1) is 0 Å². The van der Waals surface area contributed by atoms with Gasteiger partial charge in [0.1, 0.15) is 0 Å². The monoisotopic (exact) mass is 1400 g/mol. The zero-order valence-corrected chi connectivity index (χ0v) is 58.3. The Kier molecular flexibility index (Phi) is 17.3. The first kappa shape index (κ1) is 64.8. The lowest BCUT2D eigenvalue weighted by atomic mass is 9.60. The van der Waals surface area contributed by atoms with E-state index in [4.69, 9.17) is 0 Å². The molecule has 0 bridgehead atoms. The van der Waals surface area contributed by atoms with Gasteiger partial charge in [-0.2, -0.15) is 0 Å². The minimum Gasteiger partial charge on any atom is -0.310 e. The largest absolute Gasteiger partial charge is 0.310 e. The molecule has 0 unspecified atom stereocenters. The van der Waals surface area contributed by atoms with Crippen LogP contribution in [0.25, 0.3) is 77.2 Å². The molecule has 0 fully saturated rings. The highest BCUT2D eigenvalue weighted by molar-refractivity contribution is 9.10. The van der Waals surface area contributed by atoms with Crippen molar-refractivity contribution < 1.29 is 1.43 Å². The van der Waals surface area contributed by atoms with Gasteiger partial charge in [-0.25, -0.2) is 0 Å². The maximum absolute atomic E-state index is 3.58. The van der Waals surface area contributed by atoms with Crippen LogP contribution in [-0.4, -0.2) is 9.13 Å². The van der Waals surface area contributed by atoms with E-state index < -0.39 is 5.41 Å². The molecule has 0 radical (unpaired) electrons. The van der Waals surface area contributed by atoms with Crippen molar-refractivity contribution in [2.24, 2.45) is 0 Å². The number of nitrogens with zero attached hydrogens (tertiary/aromatic N) is 3. The summed E-state index contributed by atoms with van der Waals surface area (Å²) in [5, 5.41) is 5.11. The van der Waals surface area contributed by atoms with Crippen molar-refractivity contribution in [1.29, 1.82) is 0 Å². The minimum atomic E-state index is -0.486. The molecule has 1 aliphatic carbocycles. The summed E-state index contributed by atoms with van der Waals surface area (Å²) in [4.78, 5) is 2.45. The van der Waals surface area contributed by atoms with Gasteiger partial charge in [0.15, 0.2) is 0 Å². The Bertz CT molecular complexity index is 5860. The number of rotatable bonds is 9. The summed E-state index contributed by atoms with van der Waals surface area (Å²) in [6.45, 7) is 0. The summed E-state index contributed by atoms with van der Waals surface area (Å²) < 4.78 is 5.84. The fourth-order valence-corrected chi connectivity index (χ4v) is 17.2. The van der Waals surface area contributed by atoms with Gasteiger partial charge in [0.2, 0.25) is 0 Å². The lowest BCUT2D eigenvalue weighted by molar-refractivity contribution is 0.703. The van der Waals surface area contributed by atoms with Gasteiger partial charge in [0.05, 0.1) is 44.3 Å². The van der Waals surface area contributed by atoms with Crippen molar-refractivity contribution in [2.45, 2.75) is 24.7 Å². The standard InChI is InChI=1S/C49H34N2.C26H20.C24H16BrN.CH4.H2/c1-3-19-37(20-4-1)49(38-21-5-2-6-22-38)43-27-9-13-31-47(43)51(48-32-14-10-28-44(48)49)40-24-16-18-36(34-40)35-17-15-23-39(33-35)50-45-29-11-7-25-41(45)42-26-8-12-30-46(42)50;1-3-13-22(14-4-1)26(23-15-5-2-6-16-23)24-17-9-7-11-20(24)19-21-12-8-10-18-25(21)26;25-19-9-5-7-17(15-19)18-8-6-10-20(16-18)26-23-13-3-1-11-21(23)22-12-2-4-14-24(22)26;;/h1-34H;1-18H,19H2;1-16H;1H4;1H/i;;;;1+1. The molecule has 498 valence electrons. The number of para-hydroxylation sites is 6. The Morgan fingerprint density at radius 2 is 0.519 bits per heavy atom. The first-order valence-electron chi connectivity index (χ1n) is 35.5. The average molecular weight is 1400 g/mol. The average Bonchev–Trinajstić information content (AvgIpc) is 0.959. The maximum atomic E-state index is 3.58. The van der Waals surface area contributed by atoms with Crippen LogP contribution in [-0.2, 0) is 17.3 Å². The van der Waals surface area contributed by atoms with E-state index in [2.05, 4.69) is 442 Å². The van der Waals surface area contributed by atoms with E-state index in [0.29, 0.717) is 0 Å². The van der Waals surface area contributed by atoms with Crippen LogP contribution in [0.3, 0.4) is 0 Å². The summed E-state index contributed by atoms with van der Waals surface area (Å²) in [6, 6.07) is 149. The van der Waals surface area contributed by atoms with Gasteiger partial charge in [0, 0.05) is 44.5 Å². The number of anilines is 3. The fourth-order valence-electron chi connectivity index (χ4n) is 16.8. The fraction of sp³-hybridized carbons (Fsp3) is 0.0400. The minimum absolute atomic E-state index is 0. The summed E-state index contributed by atoms with van der Waals surface area (Å²) in [6.07, 6.45) is 0.994. The van der Waals surface area contributed by atoms with E-state index in [1.54, 1.807) is 0 Å². The molecule has 0 amide bonds. The van der Waals surface area contributed by atoms with Gasteiger partial charge < -0.3 is 14.0 Å². The quantitative estimate of drug-likeness (QED) is 0.140. The first-order chi connectivity index (χ1) is 51.0. The third-order valence-electron chi connectivity index (χ3n) is 21.1. The molecule has 104 heavy (non-hydrogen) atoms. The van der Waals surface area contributed by atoms with Gasteiger partial charge >= 0.3 is 0 Å². The molecule has 3 heterocycles. The highest BCUT2D eigenvalue weighted by atomic mass is 79.9. The summed E-state index contributed by atoms with van der Waals surface area (Å²) in [5.41, 5.74) is 28.1. The Balaban J connectivity index is 0.000000132. The maximum Gasteiger partial charge on any atom is 0.0742 e. The predicted octanol–water partition coefficient (Wildman–Crippen LogP) is 26.7. The second-order valence-corrected chi connectivity index (χ2v) is 27.6. The van der Waals surface area contributed by atoms with Crippen LogP contribution in [0.1, 0.15) is 64.5 Å². The molecule has 16 aromatic carbocycles. The van der Waals surface area contributed by atoms with Gasteiger partial charge in [-0.05, 0) is 169 Å². The zero-order valence-electron chi connectivity index (χ0n) is 56.7. The van der Waals surface area contributed by atoms with Crippen molar-refractivity contribution in [3.05, 3.63) is 473 Å². The third kappa shape index (κ3) is 11.1. The van der Waals surface area contributed by atoms with Crippen molar-refractivity contribution in [2.75, 3.05) is 4.90 Å². The van der Waals surface area contributed by atoms with Crippen molar-refractivity contribution in [3.63, 3.8) is 0 Å². The third-order valence-corrected chi connectivity index (χ3v) is 21.6. The summed E-state index contributed by atoms with van der Waals surface area (Å²) in [5.74, 6) is 0. The Labute approximate surface area is 618 Å². The normalized spacial score (nSPS) is 12.9. The van der Waals surface area contributed by atoms with Crippen LogP contribution in [0.2, 0.25) is 0 Å². The number of hydrogen-bond donors (Lipinski definition) is 0. The molecule has 0 saturated carbocycles. The molecule has 0 saturated heterocycles. The molecule has 20 rings (SSSR count). The van der Waals surface area contributed by atoms with Crippen molar-refractivity contribution in [1.82, 2.24) is 9.13 Å². The van der Waals surface area contributed by atoms with Gasteiger partial charge in [0.25, 0.3) is 0 Å². The van der Waals surface area contributed by atoms with Gasteiger partial charge in [-0.1, -0.05) is 351 Å². The summed E-state index contributed by atoms with van der Waals surface area (Å²) >= 11 is 3.58. The second kappa shape index (κ2) is 27.7. The van der Waals surface area contributed by atoms with Crippen LogP contribution in [0.15, 0.2) is 417 Å². The van der Waals surface area contributed by atoms with Gasteiger partial charge in [-0.3, -0.25) is 0 Å². The lowest BCUT2D eigenvalue weighted by Crippen LogP contribution is -2.37. The SMILES string of the molecule is Brc1cccc(-c2cccc(-n3c4ccccc4c4ccccc43)c2)c1.C.[2HH].c1ccc(C2(c3ccccc3)c3ccccc3Cc3ccccc32)cc1.c1ccc(C2(c3ccccc3)c3ccccc3N(c3cccc(-c4cccc(-n5c6ccccc6c6ccccc65)c4)c3)c3ccccc32)cc1. The van der Waals surface area contributed by atoms with E-state index in [-0.39, 0.29) is 14.3 Å². The molecule has 2 aromatic heterocycles. The van der Waals surface area contributed by atoms with E-state index in [9.17, 15) is 0 Å². The molecular formula is C100H76BrN3. The smallest absolute Gasteiger partial charge is 0.0742 e. The van der Waals surface area contributed by atoms with E-state index in [1.165, 1.54) is 139 Å². The topological polar surface area (TPSA) is 13.1 Å². The Morgan fingerprint density at radius 1 is 0.240 bits per heavy atom. The number of benzene rings is 16. The number of halogens is 1. The highest BCUT2D eigenvalue weighted by Crippen LogP contribution is 2.58.